The monoisotopic (exact) mass is 308 g/mol. The van der Waals surface area contributed by atoms with E-state index < -0.39 is 6.08 Å². The van der Waals surface area contributed by atoms with Crippen molar-refractivity contribution in [2.45, 2.75) is 5.88 Å². The lowest BCUT2D eigenvalue weighted by molar-refractivity contribution is 0.541. The van der Waals surface area contributed by atoms with E-state index in [0.29, 0.717) is 21.6 Å². The maximum absolute atomic E-state index is 13.0. The third kappa shape index (κ3) is 2.07. The molecule has 0 N–H and O–H groups in total. The predicted octanol–water partition coefficient (Wildman–Crippen LogP) is 3.92. The molecule has 78 valence electrons. The SMILES string of the molecule is Fc1nc(CCl)c2c(Cl)cc(Br)cc2n1. The molecule has 0 saturated carbocycles. The number of benzene rings is 1. The summed E-state index contributed by atoms with van der Waals surface area (Å²) in [6.07, 6.45) is -0.799. The van der Waals surface area contributed by atoms with Crippen molar-refractivity contribution >= 4 is 50.0 Å². The van der Waals surface area contributed by atoms with Crippen LogP contribution in [0.25, 0.3) is 10.9 Å². The van der Waals surface area contributed by atoms with Gasteiger partial charge in [0, 0.05) is 9.86 Å². The number of aromatic nitrogens is 2. The molecule has 1 aromatic carbocycles. The Morgan fingerprint density at radius 3 is 2.73 bits per heavy atom. The van der Waals surface area contributed by atoms with Crippen LogP contribution >= 0.6 is 39.1 Å². The van der Waals surface area contributed by atoms with Crippen molar-refractivity contribution in [1.29, 1.82) is 0 Å². The molecular weight excluding hydrogens is 306 g/mol. The van der Waals surface area contributed by atoms with Crippen LogP contribution in [0, 0.1) is 6.08 Å². The van der Waals surface area contributed by atoms with Gasteiger partial charge in [0.1, 0.15) is 0 Å². The van der Waals surface area contributed by atoms with Crippen LogP contribution in [-0.4, -0.2) is 9.97 Å². The molecule has 0 aliphatic rings. The largest absolute Gasteiger partial charge is 0.309 e. The number of halogens is 4. The van der Waals surface area contributed by atoms with Gasteiger partial charge in [-0.25, -0.2) is 9.97 Å². The third-order valence-corrected chi connectivity index (χ3v) is 2.90. The second-order valence-corrected chi connectivity index (χ2v) is 4.44. The molecular formula is C9H4BrCl2FN2. The van der Waals surface area contributed by atoms with Crippen molar-refractivity contribution in [3.05, 3.63) is 33.4 Å². The van der Waals surface area contributed by atoms with Crippen molar-refractivity contribution in [3.8, 4) is 0 Å². The van der Waals surface area contributed by atoms with Gasteiger partial charge in [0.25, 0.3) is 0 Å². The van der Waals surface area contributed by atoms with E-state index in [1.54, 1.807) is 12.1 Å². The molecule has 0 amide bonds. The lowest BCUT2D eigenvalue weighted by atomic mass is 10.2. The van der Waals surface area contributed by atoms with Crippen LogP contribution in [-0.2, 0) is 5.88 Å². The molecule has 0 saturated heterocycles. The molecule has 2 rings (SSSR count). The minimum absolute atomic E-state index is 0.0945. The smallest absolute Gasteiger partial charge is 0.205 e. The normalized spacial score (nSPS) is 10.9. The summed E-state index contributed by atoms with van der Waals surface area (Å²) in [6, 6.07) is 3.36. The van der Waals surface area contributed by atoms with E-state index in [2.05, 4.69) is 25.9 Å². The summed E-state index contributed by atoms with van der Waals surface area (Å²) < 4.78 is 13.7. The summed E-state index contributed by atoms with van der Waals surface area (Å²) in [4.78, 5) is 7.26. The fraction of sp³-hybridized carbons (Fsp3) is 0.111. The summed E-state index contributed by atoms with van der Waals surface area (Å²) in [6.45, 7) is 0. The van der Waals surface area contributed by atoms with Gasteiger partial charge in [0.2, 0.25) is 0 Å². The molecule has 1 heterocycles. The van der Waals surface area contributed by atoms with Gasteiger partial charge in [-0.05, 0) is 12.1 Å². The molecule has 0 radical (unpaired) electrons. The third-order valence-electron chi connectivity index (χ3n) is 1.89. The first-order chi connectivity index (χ1) is 7.11. The fourth-order valence-electron chi connectivity index (χ4n) is 1.32. The highest BCUT2D eigenvalue weighted by Crippen LogP contribution is 2.29. The van der Waals surface area contributed by atoms with E-state index in [0.717, 1.165) is 4.47 Å². The number of hydrogen-bond acceptors (Lipinski definition) is 2. The van der Waals surface area contributed by atoms with Gasteiger partial charge in [0.05, 0.1) is 22.1 Å². The Bertz CT molecular complexity index is 528. The minimum atomic E-state index is -0.799. The van der Waals surface area contributed by atoms with Gasteiger partial charge in [-0.15, -0.1) is 11.6 Å². The van der Waals surface area contributed by atoms with Crippen molar-refractivity contribution in [1.82, 2.24) is 9.97 Å². The summed E-state index contributed by atoms with van der Waals surface area (Å²) in [5.41, 5.74) is 0.842. The van der Waals surface area contributed by atoms with Crippen LogP contribution in [0.15, 0.2) is 16.6 Å². The van der Waals surface area contributed by atoms with E-state index in [4.69, 9.17) is 23.2 Å². The van der Waals surface area contributed by atoms with Crippen LogP contribution in [0.5, 0.6) is 0 Å². The Labute approximate surface area is 104 Å². The number of hydrogen-bond donors (Lipinski definition) is 0. The molecule has 0 aliphatic heterocycles. The second kappa shape index (κ2) is 4.20. The molecule has 0 bridgehead atoms. The zero-order chi connectivity index (χ0) is 11.0. The summed E-state index contributed by atoms with van der Waals surface area (Å²) in [7, 11) is 0. The van der Waals surface area contributed by atoms with Crippen LogP contribution in [0.4, 0.5) is 4.39 Å². The van der Waals surface area contributed by atoms with Crippen molar-refractivity contribution in [2.75, 3.05) is 0 Å². The van der Waals surface area contributed by atoms with Gasteiger partial charge in [0.15, 0.2) is 0 Å². The van der Waals surface area contributed by atoms with Crippen LogP contribution < -0.4 is 0 Å². The van der Waals surface area contributed by atoms with Crippen LogP contribution in [0.2, 0.25) is 5.02 Å². The standard InChI is InChI=1S/C9H4BrCl2FN2/c10-4-1-5(12)8-6(2-4)14-9(13)15-7(8)3-11/h1-2H,3H2. The Balaban J connectivity index is 2.90. The van der Waals surface area contributed by atoms with Gasteiger partial charge >= 0.3 is 6.08 Å². The maximum Gasteiger partial charge on any atom is 0.309 e. The van der Waals surface area contributed by atoms with Crippen LogP contribution in [0.3, 0.4) is 0 Å². The lowest BCUT2D eigenvalue weighted by Gasteiger charge is -2.05. The summed E-state index contributed by atoms with van der Waals surface area (Å²) >= 11 is 14.9. The van der Waals surface area contributed by atoms with Gasteiger partial charge < -0.3 is 0 Å². The number of alkyl halides is 1. The Hall–Kier alpha value is -0.450. The molecule has 1 aromatic heterocycles. The quantitative estimate of drug-likeness (QED) is 0.589. The fourth-order valence-corrected chi connectivity index (χ4v) is 2.42. The van der Waals surface area contributed by atoms with Crippen LogP contribution in [0.1, 0.15) is 5.69 Å². The van der Waals surface area contributed by atoms with Gasteiger partial charge in [-0.1, -0.05) is 27.5 Å². The van der Waals surface area contributed by atoms with E-state index in [-0.39, 0.29) is 5.88 Å². The zero-order valence-corrected chi connectivity index (χ0v) is 10.4. The first-order valence-electron chi connectivity index (χ1n) is 3.99. The molecule has 0 aliphatic carbocycles. The Kier molecular flexibility index (Phi) is 3.09. The molecule has 0 unspecified atom stereocenters. The molecule has 15 heavy (non-hydrogen) atoms. The molecule has 0 spiro atoms. The topological polar surface area (TPSA) is 25.8 Å². The lowest BCUT2D eigenvalue weighted by Crippen LogP contribution is -1.97. The minimum Gasteiger partial charge on any atom is -0.205 e. The molecule has 2 nitrogen and oxygen atoms in total. The van der Waals surface area contributed by atoms with Crippen molar-refractivity contribution in [3.63, 3.8) is 0 Å². The summed E-state index contributed by atoms with van der Waals surface area (Å²) in [5.74, 6) is 0.0945. The highest BCUT2D eigenvalue weighted by molar-refractivity contribution is 9.10. The van der Waals surface area contributed by atoms with Crippen molar-refractivity contribution in [2.24, 2.45) is 0 Å². The number of nitrogens with zero attached hydrogens (tertiary/aromatic N) is 2. The summed E-state index contributed by atoms with van der Waals surface area (Å²) in [5, 5.41) is 1.05. The molecule has 2 aromatic rings. The van der Waals surface area contributed by atoms with E-state index in [1.165, 1.54) is 0 Å². The van der Waals surface area contributed by atoms with Crippen molar-refractivity contribution < 1.29 is 4.39 Å². The highest BCUT2D eigenvalue weighted by atomic mass is 79.9. The highest BCUT2D eigenvalue weighted by Gasteiger charge is 2.11. The number of rotatable bonds is 1. The average molecular weight is 310 g/mol. The molecule has 0 atom stereocenters. The first-order valence-corrected chi connectivity index (χ1v) is 5.69. The van der Waals surface area contributed by atoms with Gasteiger partial charge in [-0.3, -0.25) is 0 Å². The van der Waals surface area contributed by atoms with E-state index in [9.17, 15) is 4.39 Å². The van der Waals surface area contributed by atoms with E-state index >= 15 is 0 Å². The average Bonchev–Trinajstić information content (AvgIpc) is 2.14. The number of fused-ring (bicyclic) bond motifs is 1. The maximum atomic E-state index is 13.0. The Morgan fingerprint density at radius 1 is 1.33 bits per heavy atom. The van der Waals surface area contributed by atoms with E-state index in [1.807, 2.05) is 0 Å². The zero-order valence-electron chi connectivity index (χ0n) is 7.27. The van der Waals surface area contributed by atoms with Gasteiger partial charge in [-0.2, -0.15) is 4.39 Å². The first kappa shape index (κ1) is 11.0. The molecule has 6 heteroatoms. The second-order valence-electron chi connectivity index (χ2n) is 2.85. The Morgan fingerprint density at radius 2 is 2.07 bits per heavy atom. The molecule has 0 fully saturated rings. The predicted molar refractivity (Wildman–Crippen MR) is 61.8 cm³/mol.